The zero-order valence-corrected chi connectivity index (χ0v) is 13.8. The van der Waals surface area contributed by atoms with Gasteiger partial charge in [0.2, 0.25) is 0 Å². The molecule has 1 unspecified atom stereocenters. The summed E-state index contributed by atoms with van der Waals surface area (Å²) in [7, 11) is 4.11. The molecule has 0 spiro atoms. The lowest BCUT2D eigenvalue weighted by Crippen LogP contribution is -2.30. The molecule has 19 heavy (non-hydrogen) atoms. The summed E-state index contributed by atoms with van der Waals surface area (Å²) < 4.78 is 0. The van der Waals surface area contributed by atoms with Gasteiger partial charge in [0.25, 0.3) is 0 Å². The van der Waals surface area contributed by atoms with E-state index in [0.717, 1.165) is 23.8 Å². The van der Waals surface area contributed by atoms with Crippen molar-refractivity contribution in [2.75, 3.05) is 26.0 Å². The number of hydrogen-bond acceptors (Lipinski definition) is 4. The zero-order chi connectivity index (χ0) is 14.8. The summed E-state index contributed by atoms with van der Waals surface area (Å²) >= 11 is 6.21. The standard InChI is InChI=1S/C14H25ClN4/c1-9(8-19(6)7)16-12-10(2)11(15)17-13(18-12)14(3,4)5/h9H,8H2,1-7H3,(H,16,17,18). The summed E-state index contributed by atoms with van der Waals surface area (Å²) in [6, 6.07) is 0.299. The lowest BCUT2D eigenvalue weighted by atomic mass is 9.95. The fourth-order valence-electron chi connectivity index (χ4n) is 1.79. The van der Waals surface area contributed by atoms with Crippen LogP contribution in [0.1, 0.15) is 39.1 Å². The van der Waals surface area contributed by atoms with E-state index in [-0.39, 0.29) is 5.41 Å². The molecule has 1 atom stereocenters. The van der Waals surface area contributed by atoms with E-state index in [2.05, 4.69) is 62.0 Å². The minimum atomic E-state index is -0.113. The maximum absolute atomic E-state index is 6.21. The third-order valence-electron chi connectivity index (χ3n) is 2.78. The van der Waals surface area contributed by atoms with E-state index in [9.17, 15) is 0 Å². The SMILES string of the molecule is Cc1c(Cl)nc(C(C)(C)C)nc1NC(C)CN(C)C. The van der Waals surface area contributed by atoms with Gasteiger partial charge in [-0.1, -0.05) is 32.4 Å². The van der Waals surface area contributed by atoms with E-state index in [1.54, 1.807) is 0 Å². The Balaban J connectivity index is 3.03. The Morgan fingerprint density at radius 2 is 1.84 bits per heavy atom. The average Bonchev–Trinajstić information content (AvgIpc) is 2.21. The number of nitrogens with one attached hydrogen (secondary N) is 1. The Morgan fingerprint density at radius 3 is 2.32 bits per heavy atom. The third kappa shape index (κ3) is 4.62. The van der Waals surface area contributed by atoms with Gasteiger partial charge in [0.1, 0.15) is 16.8 Å². The maximum Gasteiger partial charge on any atom is 0.137 e. The number of rotatable bonds is 4. The molecule has 0 aliphatic rings. The molecule has 1 heterocycles. The Hall–Kier alpha value is -0.870. The second kappa shape index (κ2) is 6.06. The van der Waals surface area contributed by atoms with Crippen molar-refractivity contribution >= 4 is 17.4 Å². The van der Waals surface area contributed by atoms with Crippen molar-refractivity contribution in [2.24, 2.45) is 0 Å². The summed E-state index contributed by atoms with van der Waals surface area (Å²) in [5, 5.41) is 3.94. The number of anilines is 1. The molecule has 0 saturated heterocycles. The minimum absolute atomic E-state index is 0.113. The molecule has 1 aromatic heterocycles. The molecule has 0 fully saturated rings. The molecule has 4 nitrogen and oxygen atoms in total. The van der Waals surface area contributed by atoms with Crippen LogP contribution >= 0.6 is 11.6 Å². The molecule has 0 saturated carbocycles. The largest absolute Gasteiger partial charge is 0.366 e. The molecule has 5 heteroatoms. The second-order valence-electron chi connectivity index (χ2n) is 6.37. The summed E-state index contributed by atoms with van der Waals surface area (Å²) in [5.41, 5.74) is 0.790. The molecule has 1 N–H and O–H groups in total. The molecule has 0 aromatic carbocycles. The molecule has 0 bridgehead atoms. The van der Waals surface area contributed by atoms with Gasteiger partial charge in [-0.15, -0.1) is 0 Å². The van der Waals surface area contributed by atoms with Gasteiger partial charge in [0.15, 0.2) is 0 Å². The highest BCUT2D eigenvalue weighted by Crippen LogP contribution is 2.26. The van der Waals surface area contributed by atoms with Crippen LogP contribution in [0.3, 0.4) is 0 Å². The summed E-state index contributed by atoms with van der Waals surface area (Å²) in [4.78, 5) is 11.1. The molecule has 0 aliphatic carbocycles. The molecule has 0 amide bonds. The number of likely N-dealkylation sites (N-methyl/N-ethyl adjacent to an activating group) is 1. The lowest BCUT2D eigenvalue weighted by molar-refractivity contribution is 0.391. The number of aromatic nitrogens is 2. The van der Waals surface area contributed by atoms with E-state index in [0.29, 0.717) is 11.2 Å². The van der Waals surface area contributed by atoms with Gasteiger partial charge in [-0.2, -0.15) is 0 Å². The van der Waals surface area contributed by atoms with Crippen LogP contribution in [0.4, 0.5) is 5.82 Å². The monoisotopic (exact) mass is 284 g/mol. The van der Waals surface area contributed by atoms with Gasteiger partial charge >= 0.3 is 0 Å². The van der Waals surface area contributed by atoms with Crippen molar-refractivity contribution in [1.82, 2.24) is 14.9 Å². The van der Waals surface area contributed by atoms with E-state index in [4.69, 9.17) is 11.6 Å². The van der Waals surface area contributed by atoms with E-state index in [1.807, 2.05) is 6.92 Å². The zero-order valence-electron chi connectivity index (χ0n) is 13.0. The normalized spacial score (nSPS) is 13.7. The van der Waals surface area contributed by atoms with Crippen LogP contribution < -0.4 is 5.32 Å². The first kappa shape index (κ1) is 16.2. The first-order valence-corrected chi connectivity index (χ1v) is 6.95. The Kier molecular flexibility index (Phi) is 5.16. The van der Waals surface area contributed by atoms with Gasteiger partial charge in [-0.25, -0.2) is 9.97 Å². The third-order valence-corrected chi connectivity index (χ3v) is 3.15. The van der Waals surface area contributed by atoms with Crippen LogP contribution in [-0.2, 0) is 5.41 Å². The van der Waals surface area contributed by atoms with Crippen molar-refractivity contribution in [3.8, 4) is 0 Å². The van der Waals surface area contributed by atoms with Crippen LogP contribution in [0.25, 0.3) is 0 Å². The fourth-order valence-corrected chi connectivity index (χ4v) is 1.96. The van der Waals surface area contributed by atoms with Crippen LogP contribution in [0.5, 0.6) is 0 Å². The summed E-state index contributed by atoms with van der Waals surface area (Å²) in [6.45, 7) is 11.3. The van der Waals surface area contributed by atoms with E-state index >= 15 is 0 Å². The summed E-state index contributed by atoms with van der Waals surface area (Å²) in [5.74, 6) is 1.60. The quantitative estimate of drug-likeness (QED) is 0.863. The molecule has 1 aromatic rings. The van der Waals surface area contributed by atoms with E-state index in [1.165, 1.54) is 0 Å². The number of nitrogens with zero attached hydrogens (tertiary/aromatic N) is 3. The second-order valence-corrected chi connectivity index (χ2v) is 6.73. The number of hydrogen-bond donors (Lipinski definition) is 1. The predicted molar refractivity (Wildman–Crippen MR) is 82.1 cm³/mol. The highest BCUT2D eigenvalue weighted by atomic mass is 35.5. The molecular formula is C14H25ClN4. The topological polar surface area (TPSA) is 41.1 Å². The molecule has 0 aliphatic heterocycles. The maximum atomic E-state index is 6.21. The van der Waals surface area contributed by atoms with Crippen LogP contribution in [0.15, 0.2) is 0 Å². The first-order valence-electron chi connectivity index (χ1n) is 6.57. The Labute approximate surface area is 121 Å². The lowest BCUT2D eigenvalue weighted by Gasteiger charge is -2.23. The first-order chi connectivity index (χ1) is 8.61. The van der Waals surface area contributed by atoms with Crippen LogP contribution in [0, 0.1) is 6.92 Å². The Morgan fingerprint density at radius 1 is 1.26 bits per heavy atom. The van der Waals surface area contributed by atoms with Gasteiger partial charge in [0.05, 0.1) is 0 Å². The Bertz CT molecular complexity index is 438. The molecule has 1 rings (SSSR count). The molecule has 0 radical (unpaired) electrons. The molecular weight excluding hydrogens is 260 g/mol. The van der Waals surface area contributed by atoms with Crippen molar-refractivity contribution in [2.45, 2.75) is 46.1 Å². The van der Waals surface area contributed by atoms with Gasteiger partial charge in [-0.3, -0.25) is 0 Å². The van der Waals surface area contributed by atoms with Crippen LogP contribution in [-0.4, -0.2) is 41.5 Å². The van der Waals surface area contributed by atoms with Crippen molar-refractivity contribution in [3.63, 3.8) is 0 Å². The van der Waals surface area contributed by atoms with Crippen LogP contribution in [0.2, 0.25) is 5.15 Å². The van der Waals surface area contributed by atoms with Gasteiger partial charge in [0, 0.05) is 23.6 Å². The minimum Gasteiger partial charge on any atom is -0.366 e. The van der Waals surface area contributed by atoms with Crippen molar-refractivity contribution < 1.29 is 0 Å². The van der Waals surface area contributed by atoms with Crippen molar-refractivity contribution in [1.29, 1.82) is 0 Å². The average molecular weight is 285 g/mol. The van der Waals surface area contributed by atoms with Gasteiger partial charge in [-0.05, 0) is 27.9 Å². The number of halogens is 1. The summed E-state index contributed by atoms with van der Waals surface area (Å²) in [6.07, 6.45) is 0. The highest BCUT2D eigenvalue weighted by molar-refractivity contribution is 6.30. The smallest absolute Gasteiger partial charge is 0.137 e. The molecule has 108 valence electrons. The highest BCUT2D eigenvalue weighted by Gasteiger charge is 2.21. The fraction of sp³-hybridized carbons (Fsp3) is 0.714. The van der Waals surface area contributed by atoms with Gasteiger partial charge < -0.3 is 10.2 Å². The van der Waals surface area contributed by atoms with Crippen molar-refractivity contribution in [3.05, 3.63) is 16.5 Å². The predicted octanol–water partition coefficient (Wildman–Crippen LogP) is 3.10. The van der Waals surface area contributed by atoms with E-state index < -0.39 is 0 Å².